The second kappa shape index (κ2) is 5.55. The minimum atomic E-state index is -1.07. The summed E-state index contributed by atoms with van der Waals surface area (Å²) in [6, 6.07) is 4.57. The fraction of sp³-hybridized carbons (Fsp3) is 0.167. The summed E-state index contributed by atoms with van der Waals surface area (Å²) >= 11 is 5.76. The lowest BCUT2D eigenvalue weighted by Crippen LogP contribution is -2.07. The standard InChI is InChI=1S/C12H11ClN2O3/c13-11-2-1-9(7-10(11)12(16)17)18-6-5-15-4-3-14-8-15/h1-4,7-8H,5-6H2,(H,16,17). The van der Waals surface area contributed by atoms with Crippen LogP contribution in [0.5, 0.6) is 5.75 Å². The number of benzene rings is 1. The Morgan fingerprint density at radius 2 is 2.33 bits per heavy atom. The Labute approximate surface area is 109 Å². The molecule has 1 aromatic carbocycles. The average molecular weight is 267 g/mol. The van der Waals surface area contributed by atoms with E-state index in [-0.39, 0.29) is 10.6 Å². The van der Waals surface area contributed by atoms with Gasteiger partial charge in [0.05, 0.1) is 23.5 Å². The van der Waals surface area contributed by atoms with E-state index in [0.29, 0.717) is 18.9 Å². The Balaban J connectivity index is 1.97. The predicted molar refractivity (Wildman–Crippen MR) is 66.1 cm³/mol. The number of halogens is 1. The second-order valence-electron chi connectivity index (χ2n) is 3.60. The van der Waals surface area contributed by atoms with Crippen molar-refractivity contribution in [1.82, 2.24) is 9.55 Å². The van der Waals surface area contributed by atoms with Crippen LogP contribution in [0.1, 0.15) is 10.4 Å². The molecule has 0 bridgehead atoms. The van der Waals surface area contributed by atoms with Gasteiger partial charge in [-0.1, -0.05) is 11.6 Å². The number of hydrogen-bond donors (Lipinski definition) is 1. The Hall–Kier alpha value is -2.01. The summed E-state index contributed by atoms with van der Waals surface area (Å²) in [4.78, 5) is 14.8. The zero-order chi connectivity index (χ0) is 13.0. The van der Waals surface area contributed by atoms with Gasteiger partial charge in [0.1, 0.15) is 12.4 Å². The third-order valence-corrected chi connectivity index (χ3v) is 2.68. The first-order chi connectivity index (χ1) is 8.66. The lowest BCUT2D eigenvalue weighted by Gasteiger charge is -2.08. The molecule has 0 aliphatic rings. The van der Waals surface area contributed by atoms with Crippen LogP contribution >= 0.6 is 11.6 Å². The number of carboxylic acid groups (broad SMARTS) is 1. The number of rotatable bonds is 5. The highest BCUT2D eigenvalue weighted by Gasteiger charge is 2.09. The molecule has 0 aliphatic heterocycles. The quantitative estimate of drug-likeness (QED) is 0.902. The largest absolute Gasteiger partial charge is 0.492 e. The van der Waals surface area contributed by atoms with Gasteiger partial charge in [0.15, 0.2) is 0 Å². The molecule has 0 saturated carbocycles. The van der Waals surface area contributed by atoms with E-state index in [9.17, 15) is 4.79 Å². The maximum Gasteiger partial charge on any atom is 0.337 e. The number of aromatic carboxylic acids is 1. The zero-order valence-corrected chi connectivity index (χ0v) is 10.2. The Kier molecular flexibility index (Phi) is 3.84. The predicted octanol–water partition coefficient (Wildman–Crippen LogP) is 2.31. The van der Waals surface area contributed by atoms with Crippen molar-refractivity contribution in [2.45, 2.75) is 6.54 Å². The summed E-state index contributed by atoms with van der Waals surface area (Å²) in [5.74, 6) is -0.586. The molecule has 2 rings (SSSR count). The van der Waals surface area contributed by atoms with Crippen LogP contribution in [0.3, 0.4) is 0 Å². The molecular formula is C12H11ClN2O3. The molecule has 5 nitrogen and oxygen atoms in total. The van der Waals surface area contributed by atoms with Crippen molar-refractivity contribution < 1.29 is 14.6 Å². The molecule has 2 aromatic rings. The van der Waals surface area contributed by atoms with Crippen LogP contribution in [0.15, 0.2) is 36.9 Å². The summed E-state index contributed by atoms with van der Waals surface area (Å²) in [6.07, 6.45) is 5.20. The SMILES string of the molecule is O=C(O)c1cc(OCCn2ccnc2)ccc1Cl. The number of carbonyl (C=O) groups is 1. The van der Waals surface area contributed by atoms with Gasteiger partial charge in [0, 0.05) is 12.4 Å². The maximum atomic E-state index is 10.9. The molecule has 18 heavy (non-hydrogen) atoms. The van der Waals surface area contributed by atoms with Crippen molar-refractivity contribution in [2.75, 3.05) is 6.61 Å². The van der Waals surface area contributed by atoms with Crippen LogP contribution in [0.4, 0.5) is 0 Å². The van der Waals surface area contributed by atoms with Crippen molar-refractivity contribution in [1.29, 1.82) is 0 Å². The molecule has 1 heterocycles. The Bertz CT molecular complexity index is 540. The van der Waals surface area contributed by atoms with Crippen molar-refractivity contribution in [3.8, 4) is 5.75 Å². The van der Waals surface area contributed by atoms with E-state index < -0.39 is 5.97 Å². The van der Waals surface area contributed by atoms with Gasteiger partial charge in [-0.2, -0.15) is 0 Å². The molecule has 94 valence electrons. The molecule has 1 N–H and O–H groups in total. The van der Waals surface area contributed by atoms with E-state index >= 15 is 0 Å². The first-order valence-corrected chi connectivity index (χ1v) is 5.66. The van der Waals surface area contributed by atoms with Crippen molar-refractivity contribution in [3.63, 3.8) is 0 Å². The molecule has 0 fully saturated rings. The molecule has 0 unspecified atom stereocenters. The number of aromatic nitrogens is 2. The summed E-state index contributed by atoms with van der Waals surface area (Å²) in [7, 11) is 0. The van der Waals surface area contributed by atoms with Crippen molar-refractivity contribution >= 4 is 17.6 Å². The van der Waals surface area contributed by atoms with Crippen LogP contribution in [0.25, 0.3) is 0 Å². The van der Waals surface area contributed by atoms with Crippen LogP contribution in [0, 0.1) is 0 Å². The Morgan fingerprint density at radius 1 is 1.50 bits per heavy atom. The van der Waals surface area contributed by atoms with E-state index in [4.69, 9.17) is 21.4 Å². The normalized spacial score (nSPS) is 10.3. The summed E-state index contributed by atoms with van der Waals surface area (Å²) in [6.45, 7) is 1.07. The molecule has 0 amide bonds. The highest BCUT2D eigenvalue weighted by Crippen LogP contribution is 2.22. The molecule has 0 aliphatic carbocycles. The number of nitrogens with zero attached hydrogens (tertiary/aromatic N) is 2. The van der Waals surface area contributed by atoms with Gasteiger partial charge in [-0.3, -0.25) is 0 Å². The van der Waals surface area contributed by atoms with E-state index in [2.05, 4.69) is 4.98 Å². The van der Waals surface area contributed by atoms with Gasteiger partial charge in [-0.05, 0) is 18.2 Å². The highest BCUT2D eigenvalue weighted by atomic mass is 35.5. The number of hydrogen-bond acceptors (Lipinski definition) is 3. The van der Waals surface area contributed by atoms with Crippen molar-refractivity contribution in [3.05, 3.63) is 47.5 Å². The number of imidazole rings is 1. The molecular weight excluding hydrogens is 256 g/mol. The van der Waals surface area contributed by atoms with Gasteiger partial charge < -0.3 is 14.4 Å². The van der Waals surface area contributed by atoms with Crippen LogP contribution in [-0.2, 0) is 6.54 Å². The first kappa shape index (κ1) is 12.4. The molecule has 0 saturated heterocycles. The van der Waals surface area contributed by atoms with Gasteiger partial charge in [-0.15, -0.1) is 0 Å². The number of ether oxygens (including phenoxy) is 1. The van der Waals surface area contributed by atoms with Crippen LogP contribution in [-0.4, -0.2) is 27.2 Å². The maximum absolute atomic E-state index is 10.9. The zero-order valence-electron chi connectivity index (χ0n) is 9.41. The molecule has 0 radical (unpaired) electrons. The smallest absolute Gasteiger partial charge is 0.337 e. The molecule has 0 spiro atoms. The second-order valence-corrected chi connectivity index (χ2v) is 4.00. The summed E-state index contributed by atoms with van der Waals surface area (Å²) in [5, 5.41) is 9.11. The fourth-order valence-electron chi connectivity index (χ4n) is 1.45. The van der Waals surface area contributed by atoms with Gasteiger partial charge in [-0.25, -0.2) is 9.78 Å². The van der Waals surface area contributed by atoms with E-state index in [0.717, 1.165) is 0 Å². The topological polar surface area (TPSA) is 64.3 Å². The summed E-state index contributed by atoms with van der Waals surface area (Å²) in [5.41, 5.74) is 0.0387. The van der Waals surface area contributed by atoms with E-state index in [1.165, 1.54) is 12.1 Å². The van der Waals surface area contributed by atoms with E-state index in [1.807, 2.05) is 10.8 Å². The highest BCUT2D eigenvalue weighted by molar-refractivity contribution is 6.33. The van der Waals surface area contributed by atoms with Gasteiger partial charge in [0.25, 0.3) is 0 Å². The minimum absolute atomic E-state index is 0.0387. The van der Waals surface area contributed by atoms with Crippen molar-refractivity contribution in [2.24, 2.45) is 0 Å². The third kappa shape index (κ3) is 3.01. The Morgan fingerprint density at radius 3 is 3.00 bits per heavy atom. The average Bonchev–Trinajstić information content (AvgIpc) is 2.84. The molecule has 1 aromatic heterocycles. The lowest BCUT2D eigenvalue weighted by molar-refractivity contribution is 0.0696. The molecule has 0 atom stereocenters. The monoisotopic (exact) mass is 266 g/mol. The van der Waals surface area contributed by atoms with Crippen LogP contribution < -0.4 is 4.74 Å². The van der Waals surface area contributed by atoms with Crippen LogP contribution in [0.2, 0.25) is 5.02 Å². The summed E-state index contributed by atoms with van der Waals surface area (Å²) < 4.78 is 7.32. The third-order valence-electron chi connectivity index (χ3n) is 2.35. The fourth-order valence-corrected chi connectivity index (χ4v) is 1.64. The van der Waals surface area contributed by atoms with Gasteiger partial charge in [0.2, 0.25) is 0 Å². The minimum Gasteiger partial charge on any atom is -0.492 e. The molecule has 6 heteroatoms. The lowest BCUT2D eigenvalue weighted by atomic mass is 10.2. The van der Waals surface area contributed by atoms with E-state index in [1.54, 1.807) is 18.6 Å². The van der Waals surface area contributed by atoms with Gasteiger partial charge >= 0.3 is 5.97 Å². The number of carboxylic acids is 1. The first-order valence-electron chi connectivity index (χ1n) is 5.28.